The molecule has 0 fully saturated rings. The van der Waals surface area contributed by atoms with Gasteiger partial charge < -0.3 is 14.9 Å². The van der Waals surface area contributed by atoms with Gasteiger partial charge in [0, 0.05) is 50.6 Å². The molecule has 0 aromatic carbocycles. The number of carbonyl (C=O) groups excluding carboxylic acids is 1. The zero-order valence-electron chi connectivity index (χ0n) is 13.2. The van der Waals surface area contributed by atoms with Crippen LogP contribution in [0.3, 0.4) is 0 Å². The van der Waals surface area contributed by atoms with Crippen molar-refractivity contribution in [3.8, 4) is 0 Å². The van der Waals surface area contributed by atoms with Gasteiger partial charge in [0.05, 0.1) is 12.2 Å². The van der Waals surface area contributed by atoms with Crippen molar-refractivity contribution < 1.29 is 9.90 Å². The minimum Gasteiger partial charge on any atom is -0.378 e. The lowest BCUT2D eigenvalue weighted by molar-refractivity contribution is -0.141. The fourth-order valence-corrected chi connectivity index (χ4v) is 2.75. The number of hydrogen-bond acceptors (Lipinski definition) is 6. The van der Waals surface area contributed by atoms with Gasteiger partial charge in [-0.3, -0.25) is 9.78 Å². The van der Waals surface area contributed by atoms with E-state index in [1.807, 2.05) is 19.0 Å². The first kappa shape index (κ1) is 15.4. The van der Waals surface area contributed by atoms with E-state index < -0.39 is 6.10 Å². The minimum atomic E-state index is -1.20. The van der Waals surface area contributed by atoms with Crippen LogP contribution < -0.4 is 4.90 Å². The summed E-state index contributed by atoms with van der Waals surface area (Å²) in [5.41, 5.74) is 2.40. The Kier molecular flexibility index (Phi) is 4.20. The normalized spacial score (nSPS) is 15.0. The highest BCUT2D eigenvalue weighted by Crippen LogP contribution is 2.26. The van der Waals surface area contributed by atoms with E-state index in [0.29, 0.717) is 25.1 Å². The Bertz CT molecular complexity index is 705. The number of carbonyl (C=O) groups is 1. The van der Waals surface area contributed by atoms with Gasteiger partial charge >= 0.3 is 0 Å². The molecule has 2 aromatic heterocycles. The van der Waals surface area contributed by atoms with Crippen molar-refractivity contribution in [1.29, 1.82) is 0 Å². The van der Waals surface area contributed by atoms with Crippen LogP contribution in [0.1, 0.15) is 22.9 Å². The molecule has 1 N–H and O–H groups in total. The molecular weight excluding hydrogens is 294 g/mol. The standard InChI is InChI=1S/C16H19N5O2/c1-20(2)15-12-9-21(7-5-13(12)18-10-19-15)16(23)14(22)11-4-3-6-17-8-11/h3-4,6,8,10,14,22H,5,7,9H2,1-2H3. The van der Waals surface area contributed by atoms with Gasteiger partial charge in [-0.25, -0.2) is 9.97 Å². The van der Waals surface area contributed by atoms with E-state index in [0.717, 1.165) is 17.1 Å². The Morgan fingerprint density at radius 2 is 2.22 bits per heavy atom. The number of amides is 1. The average Bonchev–Trinajstić information content (AvgIpc) is 2.60. The smallest absolute Gasteiger partial charge is 0.256 e. The second-order valence-electron chi connectivity index (χ2n) is 5.72. The van der Waals surface area contributed by atoms with E-state index in [9.17, 15) is 9.90 Å². The largest absolute Gasteiger partial charge is 0.378 e. The summed E-state index contributed by atoms with van der Waals surface area (Å²) in [4.78, 5) is 28.7. The van der Waals surface area contributed by atoms with Gasteiger partial charge in [0.15, 0.2) is 6.10 Å². The molecule has 0 radical (unpaired) electrons. The highest BCUT2D eigenvalue weighted by Gasteiger charge is 2.29. The Labute approximate surface area is 134 Å². The van der Waals surface area contributed by atoms with Gasteiger partial charge in [-0.2, -0.15) is 0 Å². The molecule has 3 heterocycles. The van der Waals surface area contributed by atoms with Gasteiger partial charge in [-0.15, -0.1) is 0 Å². The Balaban J connectivity index is 1.83. The second-order valence-corrected chi connectivity index (χ2v) is 5.72. The first-order chi connectivity index (χ1) is 11.1. The molecule has 0 aliphatic carbocycles. The molecule has 0 bridgehead atoms. The molecule has 7 heteroatoms. The predicted octanol–water partition coefficient (Wildman–Crippen LogP) is 0.556. The van der Waals surface area contributed by atoms with Crippen molar-refractivity contribution in [3.05, 3.63) is 47.7 Å². The summed E-state index contributed by atoms with van der Waals surface area (Å²) in [5, 5.41) is 10.3. The summed E-state index contributed by atoms with van der Waals surface area (Å²) in [6.07, 6.45) is 4.13. The maximum Gasteiger partial charge on any atom is 0.256 e. The van der Waals surface area contributed by atoms with Gasteiger partial charge in [-0.1, -0.05) is 6.07 Å². The van der Waals surface area contributed by atoms with Crippen molar-refractivity contribution in [2.75, 3.05) is 25.5 Å². The van der Waals surface area contributed by atoms with Crippen LogP contribution in [0.2, 0.25) is 0 Å². The van der Waals surface area contributed by atoms with Crippen LogP contribution in [0.4, 0.5) is 5.82 Å². The third-order valence-electron chi connectivity index (χ3n) is 3.95. The summed E-state index contributed by atoms with van der Waals surface area (Å²) < 4.78 is 0. The number of hydrogen-bond donors (Lipinski definition) is 1. The van der Waals surface area contributed by atoms with E-state index in [-0.39, 0.29) is 5.91 Å². The van der Waals surface area contributed by atoms with Crippen LogP contribution in [0, 0.1) is 0 Å². The van der Waals surface area contributed by atoms with E-state index in [1.165, 1.54) is 6.20 Å². The molecule has 0 saturated carbocycles. The van der Waals surface area contributed by atoms with Gasteiger partial charge in [0.25, 0.3) is 5.91 Å². The van der Waals surface area contributed by atoms with Gasteiger partial charge in [0.1, 0.15) is 12.1 Å². The zero-order chi connectivity index (χ0) is 16.4. The maximum absolute atomic E-state index is 12.6. The predicted molar refractivity (Wildman–Crippen MR) is 84.7 cm³/mol. The van der Waals surface area contributed by atoms with E-state index in [2.05, 4.69) is 15.0 Å². The molecule has 1 aliphatic heterocycles. The summed E-state index contributed by atoms with van der Waals surface area (Å²) in [7, 11) is 3.82. The monoisotopic (exact) mass is 313 g/mol. The van der Waals surface area contributed by atoms with Crippen molar-refractivity contribution in [2.45, 2.75) is 19.1 Å². The van der Waals surface area contributed by atoms with Crippen LogP contribution in [-0.2, 0) is 17.8 Å². The summed E-state index contributed by atoms with van der Waals surface area (Å²) >= 11 is 0. The summed E-state index contributed by atoms with van der Waals surface area (Å²) in [6.45, 7) is 0.937. The quantitative estimate of drug-likeness (QED) is 0.891. The van der Waals surface area contributed by atoms with Crippen molar-refractivity contribution in [1.82, 2.24) is 19.9 Å². The molecule has 23 heavy (non-hydrogen) atoms. The maximum atomic E-state index is 12.6. The summed E-state index contributed by atoms with van der Waals surface area (Å²) in [6, 6.07) is 3.40. The van der Waals surface area contributed by atoms with E-state index in [4.69, 9.17) is 0 Å². The average molecular weight is 313 g/mol. The molecule has 1 amide bonds. The number of pyridine rings is 1. The highest BCUT2D eigenvalue weighted by molar-refractivity contribution is 5.82. The summed E-state index contributed by atoms with van der Waals surface area (Å²) in [5.74, 6) is 0.487. The van der Waals surface area contributed by atoms with Crippen LogP contribution >= 0.6 is 0 Å². The number of aliphatic hydroxyl groups is 1. The topological polar surface area (TPSA) is 82.5 Å². The van der Waals surface area contributed by atoms with Crippen LogP contribution in [-0.4, -0.2) is 51.5 Å². The Hall–Kier alpha value is -2.54. The molecule has 0 spiro atoms. The fourth-order valence-electron chi connectivity index (χ4n) is 2.75. The first-order valence-electron chi connectivity index (χ1n) is 7.44. The highest BCUT2D eigenvalue weighted by atomic mass is 16.3. The number of fused-ring (bicyclic) bond motifs is 1. The molecule has 0 saturated heterocycles. The third kappa shape index (κ3) is 3.00. The lowest BCUT2D eigenvalue weighted by Crippen LogP contribution is -2.40. The van der Waals surface area contributed by atoms with Gasteiger partial charge in [0.2, 0.25) is 0 Å². The van der Waals surface area contributed by atoms with E-state index >= 15 is 0 Å². The van der Waals surface area contributed by atoms with Gasteiger partial charge in [-0.05, 0) is 6.07 Å². The Morgan fingerprint density at radius 1 is 1.39 bits per heavy atom. The number of anilines is 1. The van der Waals surface area contributed by atoms with Crippen molar-refractivity contribution in [2.24, 2.45) is 0 Å². The lowest BCUT2D eigenvalue weighted by Gasteiger charge is -2.31. The minimum absolute atomic E-state index is 0.322. The third-order valence-corrected chi connectivity index (χ3v) is 3.95. The zero-order valence-corrected chi connectivity index (χ0v) is 13.2. The van der Waals surface area contributed by atoms with E-state index in [1.54, 1.807) is 29.6 Å². The van der Waals surface area contributed by atoms with Crippen molar-refractivity contribution >= 4 is 11.7 Å². The second kappa shape index (κ2) is 6.29. The molecule has 7 nitrogen and oxygen atoms in total. The van der Waals surface area contributed by atoms with Crippen LogP contribution in [0.15, 0.2) is 30.9 Å². The fraction of sp³-hybridized carbons (Fsp3) is 0.375. The lowest BCUT2D eigenvalue weighted by atomic mass is 10.0. The first-order valence-corrected chi connectivity index (χ1v) is 7.44. The van der Waals surface area contributed by atoms with Crippen LogP contribution in [0.25, 0.3) is 0 Å². The molecule has 1 aliphatic rings. The van der Waals surface area contributed by atoms with Crippen LogP contribution in [0.5, 0.6) is 0 Å². The molecule has 1 atom stereocenters. The molecule has 120 valence electrons. The SMILES string of the molecule is CN(C)c1ncnc2c1CN(C(=O)C(O)c1cccnc1)CC2. The number of nitrogens with zero attached hydrogens (tertiary/aromatic N) is 5. The molecule has 2 aromatic rings. The Morgan fingerprint density at radius 3 is 2.91 bits per heavy atom. The number of aromatic nitrogens is 3. The number of aliphatic hydroxyl groups excluding tert-OH is 1. The molecular formula is C16H19N5O2. The molecule has 3 rings (SSSR count). The number of rotatable bonds is 3. The van der Waals surface area contributed by atoms with Crippen molar-refractivity contribution in [3.63, 3.8) is 0 Å². The molecule has 1 unspecified atom stereocenters.